The molecule has 0 spiro atoms. The summed E-state index contributed by atoms with van der Waals surface area (Å²) in [5.74, 6) is 0.194. The SMILES string of the molecule is CC(C)CNC(=O)[C@H](C)N(Cc1cccc(Cl)c1)C(=O)CSCc1ccccc1F. The lowest BCUT2D eigenvalue weighted by Crippen LogP contribution is -2.48. The number of rotatable bonds is 10. The Bertz CT molecular complexity index is 863. The molecular formula is C23H28ClFN2O2S. The average molecular weight is 451 g/mol. The third-order valence-corrected chi connectivity index (χ3v) is 5.74. The van der Waals surface area contributed by atoms with Crippen LogP contribution >= 0.6 is 23.4 Å². The molecule has 162 valence electrons. The molecule has 2 amide bonds. The number of nitrogens with zero attached hydrogens (tertiary/aromatic N) is 1. The van der Waals surface area contributed by atoms with E-state index in [0.29, 0.717) is 28.8 Å². The lowest BCUT2D eigenvalue weighted by Gasteiger charge is -2.29. The maximum Gasteiger partial charge on any atom is 0.242 e. The van der Waals surface area contributed by atoms with Gasteiger partial charge in [-0.05, 0) is 42.2 Å². The van der Waals surface area contributed by atoms with E-state index in [9.17, 15) is 14.0 Å². The third-order valence-electron chi connectivity index (χ3n) is 4.53. The molecule has 4 nitrogen and oxygen atoms in total. The molecule has 0 unspecified atom stereocenters. The fourth-order valence-corrected chi connectivity index (χ4v) is 3.92. The van der Waals surface area contributed by atoms with E-state index in [1.807, 2.05) is 26.0 Å². The Kier molecular flexibility index (Phi) is 9.66. The third kappa shape index (κ3) is 7.65. The van der Waals surface area contributed by atoms with Gasteiger partial charge in [-0.3, -0.25) is 9.59 Å². The first-order valence-electron chi connectivity index (χ1n) is 9.90. The van der Waals surface area contributed by atoms with Crippen LogP contribution in [-0.2, 0) is 21.9 Å². The van der Waals surface area contributed by atoms with Gasteiger partial charge in [-0.2, -0.15) is 0 Å². The highest BCUT2D eigenvalue weighted by Crippen LogP contribution is 2.19. The Hall–Kier alpha value is -2.05. The summed E-state index contributed by atoms with van der Waals surface area (Å²) in [6.45, 7) is 6.57. The van der Waals surface area contributed by atoms with Crippen molar-refractivity contribution in [2.24, 2.45) is 5.92 Å². The maximum atomic E-state index is 13.8. The van der Waals surface area contributed by atoms with E-state index in [-0.39, 0.29) is 29.9 Å². The van der Waals surface area contributed by atoms with Gasteiger partial charge in [0.05, 0.1) is 5.75 Å². The molecule has 0 aliphatic carbocycles. The van der Waals surface area contributed by atoms with E-state index in [1.54, 1.807) is 42.2 Å². The Morgan fingerprint density at radius 3 is 2.53 bits per heavy atom. The molecule has 1 N–H and O–H groups in total. The second-order valence-electron chi connectivity index (χ2n) is 7.55. The molecule has 0 heterocycles. The molecule has 2 rings (SSSR count). The first-order valence-corrected chi connectivity index (χ1v) is 11.4. The largest absolute Gasteiger partial charge is 0.354 e. The predicted octanol–water partition coefficient (Wildman–Crippen LogP) is 4.90. The minimum absolute atomic E-state index is 0.150. The monoisotopic (exact) mass is 450 g/mol. The van der Waals surface area contributed by atoms with Gasteiger partial charge in [-0.15, -0.1) is 11.8 Å². The van der Waals surface area contributed by atoms with E-state index < -0.39 is 6.04 Å². The topological polar surface area (TPSA) is 49.4 Å². The number of carbonyl (C=O) groups is 2. The quantitative estimate of drug-likeness (QED) is 0.560. The summed E-state index contributed by atoms with van der Waals surface area (Å²) in [6, 6.07) is 13.1. The Labute approximate surface area is 187 Å². The van der Waals surface area contributed by atoms with Gasteiger partial charge in [-0.1, -0.05) is 55.8 Å². The highest BCUT2D eigenvalue weighted by Gasteiger charge is 2.26. The van der Waals surface area contributed by atoms with Crippen molar-refractivity contribution >= 4 is 35.2 Å². The zero-order chi connectivity index (χ0) is 22.1. The van der Waals surface area contributed by atoms with Gasteiger partial charge in [0.15, 0.2) is 0 Å². The van der Waals surface area contributed by atoms with Crippen molar-refractivity contribution in [3.63, 3.8) is 0 Å². The van der Waals surface area contributed by atoms with Crippen LogP contribution in [0.5, 0.6) is 0 Å². The molecule has 0 radical (unpaired) electrons. The van der Waals surface area contributed by atoms with E-state index in [2.05, 4.69) is 5.32 Å². The van der Waals surface area contributed by atoms with Crippen LogP contribution in [0.25, 0.3) is 0 Å². The van der Waals surface area contributed by atoms with Crippen LogP contribution in [0.4, 0.5) is 4.39 Å². The van der Waals surface area contributed by atoms with Crippen molar-refractivity contribution in [3.8, 4) is 0 Å². The highest BCUT2D eigenvalue weighted by atomic mass is 35.5. The predicted molar refractivity (Wildman–Crippen MR) is 122 cm³/mol. The number of amides is 2. The summed E-state index contributed by atoms with van der Waals surface area (Å²) in [4.78, 5) is 27.1. The smallest absolute Gasteiger partial charge is 0.242 e. The van der Waals surface area contributed by atoms with Gasteiger partial charge < -0.3 is 10.2 Å². The normalized spacial score (nSPS) is 11.9. The van der Waals surface area contributed by atoms with E-state index in [4.69, 9.17) is 11.6 Å². The summed E-state index contributed by atoms with van der Waals surface area (Å²) >= 11 is 7.41. The van der Waals surface area contributed by atoms with Crippen LogP contribution in [0.1, 0.15) is 31.9 Å². The Morgan fingerprint density at radius 2 is 1.87 bits per heavy atom. The Balaban J connectivity index is 2.07. The number of hydrogen-bond acceptors (Lipinski definition) is 3. The van der Waals surface area contributed by atoms with Crippen molar-refractivity contribution in [2.75, 3.05) is 12.3 Å². The lowest BCUT2D eigenvalue weighted by atomic mass is 10.1. The van der Waals surface area contributed by atoms with E-state index in [0.717, 1.165) is 5.56 Å². The molecule has 0 bridgehead atoms. The molecule has 0 aliphatic heterocycles. The van der Waals surface area contributed by atoms with Gasteiger partial charge >= 0.3 is 0 Å². The summed E-state index contributed by atoms with van der Waals surface area (Å²) < 4.78 is 13.8. The fraction of sp³-hybridized carbons (Fsp3) is 0.391. The lowest BCUT2D eigenvalue weighted by molar-refractivity contribution is -0.138. The summed E-state index contributed by atoms with van der Waals surface area (Å²) in [5, 5.41) is 3.46. The number of carbonyl (C=O) groups excluding carboxylic acids is 2. The van der Waals surface area contributed by atoms with Gasteiger partial charge in [-0.25, -0.2) is 4.39 Å². The first-order chi connectivity index (χ1) is 14.3. The molecule has 0 saturated carbocycles. The van der Waals surface area contributed by atoms with Crippen LogP contribution in [-0.4, -0.2) is 35.1 Å². The second kappa shape index (κ2) is 12.0. The number of thioether (sulfide) groups is 1. The first kappa shape index (κ1) is 24.2. The summed E-state index contributed by atoms with van der Waals surface area (Å²) in [5.41, 5.74) is 1.40. The number of nitrogens with one attached hydrogen (secondary N) is 1. The van der Waals surface area contributed by atoms with Gasteiger partial charge in [0.2, 0.25) is 11.8 Å². The van der Waals surface area contributed by atoms with E-state index in [1.165, 1.54) is 17.8 Å². The van der Waals surface area contributed by atoms with Crippen LogP contribution < -0.4 is 5.32 Å². The number of halogens is 2. The molecule has 0 aromatic heterocycles. The minimum Gasteiger partial charge on any atom is -0.354 e. The molecule has 0 fully saturated rings. The van der Waals surface area contributed by atoms with Crippen LogP contribution in [0, 0.1) is 11.7 Å². The van der Waals surface area contributed by atoms with Crippen molar-refractivity contribution in [3.05, 3.63) is 70.5 Å². The van der Waals surface area contributed by atoms with Crippen LogP contribution in [0.15, 0.2) is 48.5 Å². The maximum absolute atomic E-state index is 13.8. The Morgan fingerprint density at radius 1 is 1.13 bits per heavy atom. The molecular weight excluding hydrogens is 423 g/mol. The second-order valence-corrected chi connectivity index (χ2v) is 8.97. The molecule has 30 heavy (non-hydrogen) atoms. The summed E-state index contributed by atoms with van der Waals surface area (Å²) in [6.07, 6.45) is 0. The zero-order valence-electron chi connectivity index (χ0n) is 17.5. The number of benzene rings is 2. The molecule has 0 saturated heterocycles. The van der Waals surface area contributed by atoms with Crippen molar-refractivity contribution in [2.45, 2.75) is 39.1 Å². The van der Waals surface area contributed by atoms with Gasteiger partial charge in [0.1, 0.15) is 11.9 Å². The molecule has 2 aromatic carbocycles. The standard InChI is InChI=1S/C23H28ClFN2O2S/c1-16(2)12-26-23(29)17(3)27(13-18-7-6-9-20(24)11-18)22(28)15-30-14-19-8-4-5-10-21(19)25/h4-11,16-17H,12-15H2,1-3H3,(H,26,29)/t17-/m0/s1. The fourth-order valence-electron chi connectivity index (χ4n) is 2.81. The van der Waals surface area contributed by atoms with Gasteiger partial charge in [0, 0.05) is 23.9 Å². The zero-order valence-corrected chi connectivity index (χ0v) is 19.1. The molecule has 2 aromatic rings. The highest BCUT2D eigenvalue weighted by molar-refractivity contribution is 7.99. The van der Waals surface area contributed by atoms with Crippen LogP contribution in [0.3, 0.4) is 0 Å². The van der Waals surface area contributed by atoms with Crippen molar-refractivity contribution in [1.82, 2.24) is 10.2 Å². The van der Waals surface area contributed by atoms with Crippen LogP contribution in [0.2, 0.25) is 5.02 Å². The van der Waals surface area contributed by atoms with Crippen molar-refractivity contribution in [1.29, 1.82) is 0 Å². The average Bonchev–Trinajstić information content (AvgIpc) is 2.71. The van der Waals surface area contributed by atoms with Gasteiger partial charge in [0.25, 0.3) is 0 Å². The van der Waals surface area contributed by atoms with E-state index >= 15 is 0 Å². The molecule has 7 heteroatoms. The molecule has 0 aliphatic rings. The minimum atomic E-state index is -0.635. The summed E-state index contributed by atoms with van der Waals surface area (Å²) in [7, 11) is 0. The van der Waals surface area contributed by atoms with Crippen molar-refractivity contribution < 1.29 is 14.0 Å². The number of hydrogen-bond donors (Lipinski definition) is 1. The molecule has 1 atom stereocenters.